The zero-order chi connectivity index (χ0) is 11.4. The Hall–Kier alpha value is -2.44. The van der Waals surface area contributed by atoms with Crippen LogP contribution in [-0.2, 0) is 0 Å². The Bertz CT molecular complexity index is 543. The molecule has 0 atom stereocenters. The Labute approximate surface area is 90.2 Å². The highest BCUT2D eigenvalue weighted by molar-refractivity contribution is 5.76. The Morgan fingerprint density at radius 1 is 1.56 bits per heavy atom. The SMILES string of the molecule is Cc1nnc(NN=Cc2ccco2)[nH]c1=O. The Balaban J connectivity index is 2.05. The molecule has 0 unspecified atom stereocenters. The molecule has 82 valence electrons. The fourth-order valence-electron chi connectivity index (χ4n) is 0.965. The molecular formula is C9H9N5O2. The third-order valence-corrected chi connectivity index (χ3v) is 1.77. The third-order valence-electron chi connectivity index (χ3n) is 1.77. The Morgan fingerprint density at radius 2 is 2.44 bits per heavy atom. The van der Waals surface area contributed by atoms with E-state index in [1.165, 1.54) is 12.5 Å². The molecule has 2 heterocycles. The Kier molecular flexibility index (Phi) is 2.77. The van der Waals surface area contributed by atoms with Crippen LogP contribution in [0.4, 0.5) is 5.95 Å². The van der Waals surface area contributed by atoms with Crippen LogP contribution in [0.5, 0.6) is 0 Å². The van der Waals surface area contributed by atoms with E-state index in [1.54, 1.807) is 19.1 Å². The van der Waals surface area contributed by atoms with Crippen molar-refractivity contribution in [2.75, 3.05) is 5.43 Å². The van der Waals surface area contributed by atoms with Crippen molar-refractivity contribution in [3.63, 3.8) is 0 Å². The lowest BCUT2D eigenvalue weighted by Gasteiger charge is -1.96. The number of hydrazone groups is 1. The second-order valence-electron chi connectivity index (χ2n) is 2.97. The van der Waals surface area contributed by atoms with Gasteiger partial charge in [0.25, 0.3) is 5.56 Å². The van der Waals surface area contributed by atoms with E-state index >= 15 is 0 Å². The Morgan fingerprint density at radius 3 is 3.12 bits per heavy atom. The highest BCUT2D eigenvalue weighted by Gasteiger charge is 1.97. The summed E-state index contributed by atoms with van der Waals surface area (Å²) in [6, 6.07) is 3.49. The van der Waals surface area contributed by atoms with E-state index in [0.29, 0.717) is 11.5 Å². The summed E-state index contributed by atoms with van der Waals surface area (Å²) in [5, 5.41) is 11.2. The maximum atomic E-state index is 11.2. The summed E-state index contributed by atoms with van der Waals surface area (Å²) >= 11 is 0. The first-order valence-corrected chi connectivity index (χ1v) is 4.52. The average molecular weight is 219 g/mol. The first-order valence-electron chi connectivity index (χ1n) is 4.52. The largest absolute Gasteiger partial charge is 0.463 e. The molecule has 0 radical (unpaired) electrons. The van der Waals surface area contributed by atoms with Gasteiger partial charge in [0.05, 0.1) is 12.5 Å². The fraction of sp³-hybridized carbons (Fsp3) is 0.111. The number of H-pyrrole nitrogens is 1. The van der Waals surface area contributed by atoms with E-state index in [4.69, 9.17) is 4.42 Å². The molecule has 0 aliphatic heterocycles. The van der Waals surface area contributed by atoms with Crippen LogP contribution in [0, 0.1) is 6.92 Å². The molecule has 2 rings (SSSR count). The second kappa shape index (κ2) is 4.39. The minimum absolute atomic E-state index is 0.179. The van der Waals surface area contributed by atoms with Crippen LogP contribution >= 0.6 is 0 Å². The molecule has 0 saturated carbocycles. The number of anilines is 1. The minimum atomic E-state index is -0.300. The maximum absolute atomic E-state index is 11.2. The molecule has 2 aromatic rings. The van der Waals surface area contributed by atoms with Gasteiger partial charge < -0.3 is 4.42 Å². The molecule has 16 heavy (non-hydrogen) atoms. The number of aryl methyl sites for hydroxylation is 1. The zero-order valence-corrected chi connectivity index (χ0v) is 8.47. The number of aromatic nitrogens is 3. The van der Waals surface area contributed by atoms with Crippen LogP contribution in [0.3, 0.4) is 0 Å². The summed E-state index contributed by atoms with van der Waals surface area (Å²) in [7, 11) is 0. The topological polar surface area (TPSA) is 96.2 Å². The predicted molar refractivity (Wildman–Crippen MR) is 57.3 cm³/mol. The van der Waals surface area contributed by atoms with Crippen LogP contribution in [-0.4, -0.2) is 21.4 Å². The number of nitrogens with zero attached hydrogens (tertiary/aromatic N) is 3. The van der Waals surface area contributed by atoms with Gasteiger partial charge in [-0.2, -0.15) is 5.10 Å². The number of furan rings is 1. The first kappa shape index (κ1) is 10.1. The molecular weight excluding hydrogens is 210 g/mol. The summed E-state index contributed by atoms with van der Waals surface area (Å²) in [6.07, 6.45) is 2.99. The standard InChI is InChI=1S/C9H9N5O2/c1-6-8(15)11-9(14-12-6)13-10-5-7-3-2-4-16-7/h2-5H,1H3,(H2,11,13,14,15). The van der Waals surface area contributed by atoms with Gasteiger partial charge in [0.1, 0.15) is 11.5 Å². The summed E-state index contributed by atoms with van der Waals surface area (Å²) in [6.45, 7) is 1.57. The molecule has 0 aliphatic rings. The quantitative estimate of drug-likeness (QED) is 0.579. The number of hydrogen-bond donors (Lipinski definition) is 2. The van der Waals surface area contributed by atoms with E-state index in [-0.39, 0.29) is 11.5 Å². The van der Waals surface area contributed by atoms with Gasteiger partial charge in [-0.25, -0.2) is 5.43 Å². The molecule has 0 aliphatic carbocycles. The molecule has 2 aromatic heterocycles. The van der Waals surface area contributed by atoms with Crippen molar-refractivity contribution < 1.29 is 4.42 Å². The van der Waals surface area contributed by atoms with Crippen molar-refractivity contribution in [3.8, 4) is 0 Å². The number of hydrogen-bond acceptors (Lipinski definition) is 6. The third kappa shape index (κ3) is 2.32. The summed E-state index contributed by atoms with van der Waals surface area (Å²) in [5.74, 6) is 0.772. The van der Waals surface area contributed by atoms with Crippen LogP contribution in [0.1, 0.15) is 11.5 Å². The predicted octanol–water partition coefficient (Wildman–Crippen LogP) is 0.512. The van der Waals surface area contributed by atoms with Gasteiger partial charge in [-0.15, -0.1) is 10.2 Å². The molecule has 0 spiro atoms. The van der Waals surface area contributed by atoms with Crippen molar-refractivity contribution in [2.45, 2.75) is 6.92 Å². The van der Waals surface area contributed by atoms with Crippen LogP contribution in [0.2, 0.25) is 0 Å². The highest BCUT2D eigenvalue weighted by atomic mass is 16.3. The number of rotatable bonds is 3. The van der Waals surface area contributed by atoms with Gasteiger partial charge >= 0.3 is 0 Å². The smallest absolute Gasteiger partial charge is 0.274 e. The lowest BCUT2D eigenvalue weighted by atomic mass is 10.5. The van der Waals surface area contributed by atoms with Crippen molar-refractivity contribution in [3.05, 3.63) is 40.2 Å². The lowest BCUT2D eigenvalue weighted by Crippen LogP contribution is -2.15. The molecule has 0 amide bonds. The van der Waals surface area contributed by atoms with E-state index in [9.17, 15) is 4.79 Å². The van der Waals surface area contributed by atoms with Gasteiger partial charge in [0.15, 0.2) is 0 Å². The van der Waals surface area contributed by atoms with E-state index in [2.05, 4.69) is 25.7 Å². The van der Waals surface area contributed by atoms with Crippen molar-refractivity contribution in [2.24, 2.45) is 5.10 Å². The fourth-order valence-corrected chi connectivity index (χ4v) is 0.965. The van der Waals surface area contributed by atoms with Crippen LogP contribution in [0.25, 0.3) is 0 Å². The number of aromatic amines is 1. The first-order chi connectivity index (χ1) is 7.75. The van der Waals surface area contributed by atoms with Gasteiger partial charge in [-0.05, 0) is 19.1 Å². The maximum Gasteiger partial charge on any atom is 0.274 e. The van der Waals surface area contributed by atoms with Crippen molar-refractivity contribution in [1.29, 1.82) is 0 Å². The second-order valence-corrected chi connectivity index (χ2v) is 2.97. The van der Waals surface area contributed by atoms with Gasteiger partial charge in [0, 0.05) is 0 Å². The molecule has 7 heteroatoms. The molecule has 0 saturated heterocycles. The van der Waals surface area contributed by atoms with Gasteiger partial charge in [0.2, 0.25) is 5.95 Å². The lowest BCUT2D eigenvalue weighted by molar-refractivity contribution is 0.560. The van der Waals surface area contributed by atoms with Gasteiger partial charge in [-0.3, -0.25) is 9.78 Å². The summed E-state index contributed by atoms with van der Waals surface area (Å²) in [5.41, 5.74) is 2.54. The molecule has 0 bridgehead atoms. The molecule has 7 nitrogen and oxygen atoms in total. The van der Waals surface area contributed by atoms with E-state index in [1.807, 2.05) is 0 Å². The van der Waals surface area contributed by atoms with Crippen LogP contribution < -0.4 is 11.0 Å². The van der Waals surface area contributed by atoms with Crippen molar-refractivity contribution >= 4 is 12.2 Å². The highest BCUT2D eigenvalue weighted by Crippen LogP contribution is 1.96. The number of nitrogens with one attached hydrogen (secondary N) is 2. The molecule has 2 N–H and O–H groups in total. The van der Waals surface area contributed by atoms with Crippen LogP contribution in [0.15, 0.2) is 32.7 Å². The summed E-state index contributed by atoms with van der Waals surface area (Å²) < 4.78 is 5.02. The molecule has 0 aromatic carbocycles. The zero-order valence-electron chi connectivity index (χ0n) is 8.47. The van der Waals surface area contributed by atoms with E-state index < -0.39 is 0 Å². The van der Waals surface area contributed by atoms with E-state index in [0.717, 1.165) is 0 Å². The summed E-state index contributed by atoms with van der Waals surface area (Å²) in [4.78, 5) is 13.6. The van der Waals surface area contributed by atoms with Crippen molar-refractivity contribution in [1.82, 2.24) is 15.2 Å². The normalized spacial score (nSPS) is 10.8. The minimum Gasteiger partial charge on any atom is -0.463 e. The monoisotopic (exact) mass is 219 g/mol. The molecule has 0 fully saturated rings. The van der Waals surface area contributed by atoms with Gasteiger partial charge in [-0.1, -0.05) is 0 Å². The average Bonchev–Trinajstić information content (AvgIpc) is 2.76.